The molecule has 0 fully saturated rings. The first-order valence-electron chi connectivity index (χ1n) is 10.4. The molecule has 0 unspecified atom stereocenters. The number of fused-ring (bicyclic) bond motifs is 2. The minimum Gasteiger partial charge on any atom is -0.497 e. The molecular weight excluding hydrogens is 416 g/mol. The standard InChI is InChI=1S/C28H22O3S/c1-17-8-9-20-15-22(11-10-19(20)14-17)31-27-24-13-12-21(30-3)16-25(24)32-28(27)26(29)23-7-5-4-6-18(23)2/h4-16H,1-3H3. The van der Waals surface area contributed by atoms with Crippen LogP contribution in [-0.2, 0) is 0 Å². The van der Waals surface area contributed by atoms with Gasteiger partial charge in [0.05, 0.1) is 7.11 Å². The van der Waals surface area contributed by atoms with Crippen molar-refractivity contribution >= 4 is 38.0 Å². The fraction of sp³-hybridized carbons (Fsp3) is 0.107. The number of ketones is 1. The largest absolute Gasteiger partial charge is 0.497 e. The van der Waals surface area contributed by atoms with Crippen molar-refractivity contribution in [3.8, 4) is 17.2 Å². The van der Waals surface area contributed by atoms with E-state index in [0.29, 0.717) is 21.9 Å². The summed E-state index contributed by atoms with van der Waals surface area (Å²) in [7, 11) is 1.64. The van der Waals surface area contributed by atoms with E-state index in [-0.39, 0.29) is 5.78 Å². The predicted molar refractivity (Wildman–Crippen MR) is 132 cm³/mol. The lowest BCUT2D eigenvalue weighted by atomic mass is 10.0. The van der Waals surface area contributed by atoms with E-state index in [4.69, 9.17) is 9.47 Å². The average Bonchev–Trinajstić information content (AvgIpc) is 3.16. The second-order valence-electron chi connectivity index (χ2n) is 7.88. The normalized spacial score (nSPS) is 11.1. The Balaban J connectivity index is 1.65. The van der Waals surface area contributed by atoms with Gasteiger partial charge in [-0.3, -0.25) is 4.79 Å². The maximum absolute atomic E-state index is 13.6. The van der Waals surface area contributed by atoms with Gasteiger partial charge in [0.2, 0.25) is 5.78 Å². The fourth-order valence-electron chi connectivity index (χ4n) is 3.91. The summed E-state index contributed by atoms with van der Waals surface area (Å²) in [6.45, 7) is 4.04. The van der Waals surface area contributed by atoms with Crippen molar-refractivity contribution in [2.24, 2.45) is 0 Å². The van der Waals surface area contributed by atoms with Gasteiger partial charge in [-0.25, -0.2) is 0 Å². The van der Waals surface area contributed by atoms with Gasteiger partial charge in [-0.2, -0.15) is 0 Å². The van der Waals surface area contributed by atoms with Crippen molar-refractivity contribution in [2.45, 2.75) is 13.8 Å². The number of carbonyl (C=O) groups excluding carboxylic acids is 1. The Hall–Kier alpha value is -3.63. The Morgan fingerprint density at radius 1 is 0.812 bits per heavy atom. The number of ether oxygens (including phenoxy) is 2. The van der Waals surface area contributed by atoms with E-state index in [1.54, 1.807) is 7.11 Å². The van der Waals surface area contributed by atoms with E-state index in [1.165, 1.54) is 16.9 Å². The molecule has 0 saturated carbocycles. The smallest absolute Gasteiger partial charge is 0.207 e. The first-order chi connectivity index (χ1) is 15.5. The molecule has 0 spiro atoms. The number of hydrogen-bond donors (Lipinski definition) is 0. The lowest BCUT2D eigenvalue weighted by molar-refractivity contribution is 0.104. The van der Waals surface area contributed by atoms with Crippen LogP contribution in [-0.4, -0.2) is 12.9 Å². The van der Waals surface area contributed by atoms with Gasteiger partial charge in [0.1, 0.15) is 16.4 Å². The van der Waals surface area contributed by atoms with Crippen molar-refractivity contribution in [3.63, 3.8) is 0 Å². The molecule has 0 atom stereocenters. The highest BCUT2D eigenvalue weighted by molar-refractivity contribution is 7.21. The molecule has 0 N–H and O–H groups in total. The van der Waals surface area contributed by atoms with Crippen LogP contribution in [0.4, 0.5) is 0 Å². The molecule has 5 aromatic rings. The second-order valence-corrected chi connectivity index (χ2v) is 8.93. The molecule has 1 heterocycles. The van der Waals surface area contributed by atoms with E-state index in [1.807, 2.05) is 61.5 Å². The third kappa shape index (κ3) is 3.63. The summed E-state index contributed by atoms with van der Waals surface area (Å²) in [5.74, 6) is 2.01. The van der Waals surface area contributed by atoms with Crippen LogP contribution in [0.5, 0.6) is 17.2 Å². The molecule has 5 rings (SSSR count). The predicted octanol–water partition coefficient (Wildman–Crippen LogP) is 7.70. The van der Waals surface area contributed by atoms with Crippen LogP contribution >= 0.6 is 11.3 Å². The summed E-state index contributed by atoms with van der Waals surface area (Å²) in [5, 5.41) is 3.16. The van der Waals surface area contributed by atoms with Gasteiger partial charge in [-0.1, -0.05) is 54.1 Å². The number of aryl methyl sites for hydroxylation is 2. The molecule has 0 bridgehead atoms. The molecular formula is C28H22O3S. The maximum Gasteiger partial charge on any atom is 0.207 e. The van der Waals surface area contributed by atoms with Crippen molar-refractivity contribution in [1.29, 1.82) is 0 Å². The Kier molecular flexibility index (Phi) is 5.16. The van der Waals surface area contributed by atoms with Crippen LogP contribution in [0, 0.1) is 13.8 Å². The number of carbonyl (C=O) groups is 1. The molecule has 158 valence electrons. The Morgan fingerprint density at radius 2 is 1.56 bits per heavy atom. The summed E-state index contributed by atoms with van der Waals surface area (Å²) < 4.78 is 12.8. The Labute approximate surface area is 190 Å². The van der Waals surface area contributed by atoms with Crippen LogP contribution in [0.3, 0.4) is 0 Å². The fourth-order valence-corrected chi connectivity index (χ4v) is 5.02. The van der Waals surface area contributed by atoms with Crippen molar-refractivity contribution < 1.29 is 14.3 Å². The average molecular weight is 439 g/mol. The summed E-state index contributed by atoms with van der Waals surface area (Å²) in [4.78, 5) is 14.1. The van der Waals surface area contributed by atoms with Gasteiger partial charge in [-0.15, -0.1) is 11.3 Å². The van der Waals surface area contributed by atoms with Gasteiger partial charge in [0.15, 0.2) is 5.75 Å². The zero-order chi connectivity index (χ0) is 22.2. The summed E-state index contributed by atoms with van der Waals surface area (Å²) in [6.07, 6.45) is 0. The number of hydrogen-bond acceptors (Lipinski definition) is 4. The summed E-state index contributed by atoms with van der Waals surface area (Å²) in [6, 6.07) is 25.8. The van der Waals surface area contributed by atoms with Gasteiger partial charge < -0.3 is 9.47 Å². The Morgan fingerprint density at radius 3 is 2.38 bits per heavy atom. The van der Waals surface area contributed by atoms with Crippen LogP contribution < -0.4 is 9.47 Å². The molecule has 0 aliphatic heterocycles. The minimum atomic E-state index is -0.0327. The van der Waals surface area contributed by atoms with Crippen LogP contribution in [0.25, 0.3) is 20.9 Å². The molecule has 0 aliphatic rings. The molecule has 0 saturated heterocycles. The molecule has 0 amide bonds. The van der Waals surface area contributed by atoms with Gasteiger partial charge in [0, 0.05) is 15.6 Å². The van der Waals surface area contributed by atoms with Crippen molar-refractivity contribution in [1.82, 2.24) is 0 Å². The van der Waals surface area contributed by atoms with Crippen LogP contribution in [0.15, 0.2) is 78.9 Å². The van der Waals surface area contributed by atoms with Crippen molar-refractivity contribution in [3.05, 3.63) is 100 Å². The quantitative estimate of drug-likeness (QED) is 0.264. The lowest BCUT2D eigenvalue weighted by Crippen LogP contribution is -2.03. The molecule has 4 heteroatoms. The third-order valence-corrected chi connectivity index (χ3v) is 6.77. The highest BCUT2D eigenvalue weighted by Crippen LogP contribution is 2.43. The highest BCUT2D eigenvalue weighted by atomic mass is 32.1. The number of benzene rings is 4. The first kappa shape index (κ1) is 20.3. The molecule has 1 aromatic heterocycles. The summed E-state index contributed by atoms with van der Waals surface area (Å²) in [5.41, 5.74) is 2.85. The minimum absolute atomic E-state index is 0.0327. The maximum atomic E-state index is 13.6. The molecule has 0 aliphatic carbocycles. The zero-order valence-corrected chi connectivity index (χ0v) is 19.0. The molecule has 4 aromatic carbocycles. The molecule has 0 radical (unpaired) electrons. The van der Waals surface area contributed by atoms with Crippen LogP contribution in [0.2, 0.25) is 0 Å². The van der Waals surface area contributed by atoms with Gasteiger partial charge in [-0.05, 0) is 60.5 Å². The SMILES string of the molecule is COc1ccc2c(Oc3ccc4cc(C)ccc4c3)c(C(=O)c3ccccc3C)sc2c1. The third-order valence-electron chi connectivity index (χ3n) is 5.63. The second kappa shape index (κ2) is 8.13. The number of methoxy groups -OCH3 is 1. The van der Waals surface area contributed by atoms with Crippen molar-refractivity contribution in [2.75, 3.05) is 7.11 Å². The van der Waals surface area contributed by atoms with E-state index in [2.05, 4.69) is 31.2 Å². The van der Waals surface area contributed by atoms with E-state index in [0.717, 1.165) is 32.2 Å². The van der Waals surface area contributed by atoms with E-state index >= 15 is 0 Å². The van der Waals surface area contributed by atoms with Gasteiger partial charge >= 0.3 is 0 Å². The lowest BCUT2D eigenvalue weighted by Gasteiger charge is -2.10. The number of thiophene rings is 1. The summed E-state index contributed by atoms with van der Waals surface area (Å²) >= 11 is 1.44. The molecule has 32 heavy (non-hydrogen) atoms. The topological polar surface area (TPSA) is 35.5 Å². The van der Waals surface area contributed by atoms with E-state index < -0.39 is 0 Å². The highest BCUT2D eigenvalue weighted by Gasteiger charge is 2.23. The first-order valence-corrected chi connectivity index (χ1v) is 11.2. The Bertz CT molecular complexity index is 1480. The van der Waals surface area contributed by atoms with Gasteiger partial charge in [0.25, 0.3) is 0 Å². The van der Waals surface area contributed by atoms with Crippen LogP contribution in [0.1, 0.15) is 26.4 Å². The number of rotatable bonds is 5. The molecule has 3 nitrogen and oxygen atoms in total. The monoisotopic (exact) mass is 438 g/mol. The van der Waals surface area contributed by atoms with E-state index in [9.17, 15) is 4.79 Å². The zero-order valence-electron chi connectivity index (χ0n) is 18.1.